The summed E-state index contributed by atoms with van der Waals surface area (Å²) in [6.07, 6.45) is -2.64. The summed E-state index contributed by atoms with van der Waals surface area (Å²) in [6, 6.07) is 3.22. The lowest BCUT2D eigenvalue weighted by Crippen LogP contribution is -2.01. The van der Waals surface area contributed by atoms with Crippen LogP contribution >= 0.6 is 22.6 Å². The van der Waals surface area contributed by atoms with Crippen LogP contribution in [-0.4, -0.2) is 4.98 Å². The van der Waals surface area contributed by atoms with Crippen molar-refractivity contribution < 1.29 is 8.78 Å². The molecule has 14 heavy (non-hydrogen) atoms. The van der Waals surface area contributed by atoms with Crippen molar-refractivity contribution in [2.24, 2.45) is 0 Å². The highest BCUT2D eigenvalue weighted by Crippen LogP contribution is 2.25. The maximum atomic E-state index is 12.5. The lowest BCUT2D eigenvalue weighted by Gasteiger charge is -2.07. The summed E-state index contributed by atoms with van der Waals surface area (Å²) in [5.74, 6) is 0. The van der Waals surface area contributed by atoms with E-state index in [2.05, 4.69) is 4.98 Å². The van der Waals surface area contributed by atoms with Gasteiger partial charge >= 0.3 is 0 Å². The summed E-state index contributed by atoms with van der Waals surface area (Å²) in [5, 5.41) is 8.45. The van der Waals surface area contributed by atoms with Gasteiger partial charge in [0.2, 0.25) is 0 Å². The average molecular weight is 308 g/mol. The second-order valence-corrected chi connectivity index (χ2v) is 3.89. The Morgan fingerprint density at radius 2 is 2.29 bits per heavy atom. The van der Waals surface area contributed by atoms with Gasteiger partial charge in [0.05, 0.1) is 23.9 Å². The Morgan fingerprint density at radius 1 is 1.64 bits per heavy atom. The number of nitrogens with zero attached hydrogens (tertiary/aromatic N) is 2. The van der Waals surface area contributed by atoms with E-state index in [4.69, 9.17) is 5.26 Å². The van der Waals surface area contributed by atoms with Crippen molar-refractivity contribution in [2.45, 2.75) is 19.8 Å². The molecule has 0 aliphatic carbocycles. The summed E-state index contributed by atoms with van der Waals surface area (Å²) >= 11 is 1.95. The van der Waals surface area contributed by atoms with Crippen LogP contribution in [0, 0.1) is 21.8 Å². The number of pyridine rings is 1. The predicted octanol–water partition coefficient (Wildman–Crippen LogP) is 3.00. The van der Waals surface area contributed by atoms with Crippen LogP contribution in [0.2, 0.25) is 0 Å². The van der Waals surface area contributed by atoms with Gasteiger partial charge < -0.3 is 0 Å². The van der Waals surface area contributed by atoms with Gasteiger partial charge in [-0.2, -0.15) is 5.26 Å². The molecule has 5 heteroatoms. The number of hydrogen-bond donors (Lipinski definition) is 0. The smallest absolute Gasteiger partial charge is 0.255 e. The quantitative estimate of drug-likeness (QED) is 0.788. The Kier molecular flexibility index (Phi) is 3.75. The Hall–Kier alpha value is -0.770. The maximum absolute atomic E-state index is 12.5. The SMILES string of the molecule is Cc1nc(CC#N)c(C(F)F)cc1I. The fourth-order valence-corrected chi connectivity index (χ4v) is 1.51. The fourth-order valence-electron chi connectivity index (χ4n) is 1.05. The van der Waals surface area contributed by atoms with Gasteiger partial charge in [-0.05, 0) is 35.6 Å². The standard InChI is InChI=1S/C9H7F2IN2/c1-5-7(12)4-6(9(10)11)8(14-5)2-3-13/h4,9H,2H2,1H3. The highest BCUT2D eigenvalue weighted by molar-refractivity contribution is 14.1. The van der Waals surface area contributed by atoms with E-state index in [1.165, 1.54) is 6.07 Å². The molecule has 0 spiro atoms. The Bertz CT molecular complexity index is 385. The van der Waals surface area contributed by atoms with Crippen LogP contribution in [0.25, 0.3) is 0 Å². The largest absolute Gasteiger partial charge is 0.265 e. The molecule has 0 atom stereocenters. The highest BCUT2D eigenvalue weighted by Gasteiger charge is 2.15. The zero-order valence-electron chi connectivity index (χ0n) is 7.39. The van der Waals surface area contributed by atoms with Crippen molar-refractivity contribution in [3.8, 4) is 6.07 Å². The molecule has 0 N–H and O–H groups in total. The van der Waals surface area contributed by atoms with Crippen molar-refractivity contribution in [3.05, 3.63) is 26.6 Å². The van der Waals surface area contributed by atoms with Crippen molar-refractivity contribution in [2.75, 3.05) is 0 Å². The van der Waals surface area contributed by atoms with Gasteiger partial charge in [-0.1, -0.05) is 0 Å². The topological polar surface area (TPSA) is 36.7 Å². The number of rotatable bonds is 2. The van der Waals surface area contributed by atoms with Crippen LogP contribution in [0.1, 0.15) is 23.4 Å². The van der Waals surface area contributed by atoms with Crippen LogP contribution in [0.4, 0.5) is 8.78 Å². The van der Waals surface area contributed by atoms with Crippen LogP contribution in [-0.2, 0) is 6.42 Å². The molecule has 0 bridgehead atoms. The van der Waals surface area contributed by atoms with Crippen molar-refractivity contribution in [1.29, 1.82) is 5.26 Å². The third-order valence-electron chi connectivity index (χ3n) is 1.75. The molecular weight excluding hydrogens is 301 g/mol. The van der Waals surface area contributed by atoms with E-state index in [1.807, 2.05) is 28.7 Å². The molecular formula is C9H7F2IN2. The monoisotopic (exact) mass is 308 g/mol. The lowest BCUT2D eigenvalue weighted by atomic mass is 10.1. The number of alkyl halides is 2. The molecule has 1 rings (SSSR count). The minimum Gasteiger partial charge on any atom is -0.255 e. The molecule has 0 amide bonds. The minimum absolute atomic E-state index is 0.0720. The van der Waals surface area contributed by atoms with E-state index >= 15 is 0 Å². The molecule has 1 aromatic rings. The predicted molar refractivity (Wildman–Crippen MR) is 56.0 cm³/mol. The fraction of sp³-hybridized carbons (Fsp3) is 0.333. The molecule has 1 heterocycles. The number of aryl methyl sites for hydroxylation is 1. The van der Waals surface area contributed by atoms with E-state index in [1.54, 1.807) is 6.92 Å². The Morgan fingerprint density at radius 3 is 2.79 bits per heavy atom. The molecule has 2 nitrogen and oxygen atoms in total. The van der Waals surface area contributed by atoms with Crippen LogP contribution in [0.15, 0.2) is 6.07 Å². The molecule has 1 aromatic heterocycles. The Balaban J connectivity index is 3.25. The van der Waals surface area contributed by atoms with Crippen molar-refractivity contribution in [1.82, 2.24) is 4.98 Å². The minimum atomic E-state index is -2.57. The van der Waals surface area contributed by atoms with E-state index in [0.717, 1.165) is 0 Å². The second kappa shape index (κ2) is 4.64. The van der Waals surface area contributed by atoms with Gasteiger partial charge in [-0.3, -0.25) is 4.98 Å². The molecule has 0 aliphatic rings. The molecule has 0 fully saturated rings. The summed E-state index contributed by atoms with van der Waals surface area (Å²) in [4.78, 5) is 3.97. The Labute approximate surface area is 94.1 Å². The number of halogens is 3. The highest BCUT2D eigenvalue weighted by atomic mass is 127. The zero-order valence-corrected chi connectivity index (χ0v) is 9.55. The van der Waals surface area contributed by atoms with Gasteiger partial charge in [0.15, 0.2) is 0 Å². The van der Waals surface area contributed by atoms with Crippen molar-refractivity contribution in [3.63, 3.8) is 0 Å². The normalized spacial score (nSPS) is 10.3. The number of aromatic nitrogens is 1. The third kappa shape index (κ3) is 2.38. The van der Waals surface area contributed by atoms with E-state index in [0.29, 0.717) is 9.26 Å². The molecule has 74 valence electrons. The molecule has 0 saturated heterocycles. The van der Waals surface area contributed by atoms with Gasteiger partial charge in [0.25, 0.3) is 6.43 Å². The van der Waals surface area contributed by atoms with Crippen LogP contribution < -0.4 is 0 Å². The van der Waals surface area contributed by atoms with E-state index < -0.39 is 6.43 Å². The molecule has 0 aliphatic heterocycles. The van der Waals surface area contributed by atoms with Gasteiger partial charge in [0.1, 0.15) is 0 Å². The van der Waals surface area contributed by atoms with Gasteiger partial charge in [-0.25, -0.2) is 8.78 Å². The number of hydrogen-bond acceptors (Lipinski definition) is 2. The summed E-state index contributed by atoms with van der Waals surface area (Å²) in [7, 11) is 0. The van der Waals surface area contributed by atoms with E-state index in [9.17, 15) is 8.78 Å². The summed E-state index contributed by atoms with van der Waals surface area (Å²) in [5.41, 5.74) is 0.724. The first-order chi connectivity index (χ1) is 6.56. The zero-order chi connectivity index (χ0) is 10.7. The maximum Gasteiger partial charge on any atom is 0.265 e. The van der Waals surface area contributed by atoms with Gasteiger partial charge in [0, 0.05) is 9.13 Å². The van der Waals surface area contributed by atoms with E-state index in [-0.39, 0.29) is 17.7 Å². The first-order valence-corrected chi connectivity index (χ1v) is 4.95. The van der Waals surface area contributed by atoms with Crippen molar-refractivity contribution >= 4 is 22.6 Å². The van der Waals surface area contributed by atoms with Crippen LogP contribution in [0.3, 0.4) is 0 Å². The molecule has 0 aromatic carbocycles. The number of nitriles is 1. The first kappa shape index (κ1) is 11.3. The molecule has 0 saturated carbocycles. The lowest BCUT2D eigenvalue weighted by molar-refractivity contribution is 0.149. The summed E-state index contributed by atoms with van der Waals surface area (Å²) < 4.78 is 25.7. The molecule has 0 unspecified atom stereocenters. The second-order valence-electron chi connectivity index (χ2n) is 2.73. The summed E-state index contributed by atoms with van der Waals surface area (Å²) in [6.45, 7) is 1.73. The molecule has 0 radical (unpaired) electrons. The van der Waals surface area contributed by atoms with Gasteiger partial charge in [-0.15, -0.1) is 0 Å². The average Bonchev–Trinajstić information content (AvgIpc) is 2.11. The first-order valence-electron chi connectivity index (χ1n) is 3.87. The van der Waals surface area contributed by atoms with Crippen LogP contribution in [0.5, 0.6) is 0 Å². The third-order valence-corrected chi connectivity index (χ3v) is 2.84.